The summed E-state index contributed by atoms with van der Waals surface area (Å²) >= 11 is 0. The number of hydrogen-bond acceptors (Lipinski definition) is 3. The van der Waals surface area contributed by atoms with Crippen LogP contribution in [0.3, 0.4) is 0 Å². The predicted octanol–water partition coefficient (Wildman–Crippen LogP) is 2.88. The van der Waals surface area contributed by atoms with E-state index >= 15 is 0 Å². The van der Waals surface area contributed by atoms with E-state index in [9.17, 15) is 4.79 Å². The van der Waals surface area contributed by atoms with Crippen molar-refractivity contribution in [1.29, 1.82) is 0 Å². The van der Waals surface area contributed by atoms with Crippen LogP contribution in [0.4, 0.5) is 0 Å². The SMILES string of the molecule is C=CCNC(C(=O)OCC)(c1ccccc1)C(C)C. The van der Waals surface area contributed by atoms with Crippen LogP contribution in [-0.2, 0) is 15.1 Å². The molecule has 0 fully saturated rings. The minimum atomic E-state index is -0.828. The molecule has 0 aromatic heterocycles. The Labute approximate surface area is 115 Å². The molecule has 0 heterocycles. The minimum absolute atomic E-state index is 0.0638. The molecule has 0 aliphatic heterocycles. The molecule has 1 aromatic carbocycles. The van der Waals surface area contributed by atoms with E-state index in [1.165, 1.54) is 0 Å². The largest absolute Gasteiger partial charge is 0.464 e. The first-order valence-electron chi connectivity index (χ1n) is 6.68. The second-order valence-corrected chi connectivity index (χ2v) is 4.72. The Bertz CT molecular complexity index is 414. The van der Waals surface area contributed by atoms with Gasteiger partial charge in [0.2, 0.25) is 0 Å². The molecule has 0 aliphatic rings. The summed E-state index contributed by atoms with van der Waals surface area (Å²) in [7, 11) is 0. The molecule has 0 aliphatic carbocycles. The Balaban J connectivity index is 3.26. The highest BCUT2D eigenvalue weighted by Crippen LogP contribution is 2.31. The Morgan fingerprint density at radius 3 is 2.53 bits per heavy atom. The molecule has 3 nitrogen and oxygen atoms in total. The van der Waals surface area contributed by atoms with E-state index in [4.69, 9.17) is 4.74 Å². The average Bonchev–Trinajstić information content (AvgIpc) is 2.41. The smallest absolute Gasteiger partial charge is 0.331 e. The van der Waals surface area contributed by atoms with Gasteiger partial charge in [0.1, 0.15) is 5.54 Å². The zero-order chi connectivity index (χ0) is 14.3. The first-order chi connectivity index (χ1) is 9.09. The lowest BCUT2D eigenvalue weighted by atomic mass is 9.79. The van der Waals surface area contributed by atoms with Gasteiger partial charge in [-0.2, -0.15) is 0 Å². The van der Waals surface area contributed by atoms with Crippen LogP contribution in [-0.4, -0.2) is 19.1 Å². The monoisotopic (exact) mass is 261 g/mol. The third-order valence-corrected chi connectivity index (χ3v) is 3.22. The number of carbonyl (C=O) groups excluding carboxylic acids is 1. The summed E-state index contributed by atoms with van der Waals surface area (Å²) in [6.45, 7) is 10.5. The molecule has 1 atom stereocenters. The summed E-state index contributed by atoms with van der Waals surface area (Å²) in [6.07, 6.45) is 1.75. The maximum Gasteiger partial charge on any atom is 0.331 e. The highest BCUT2D eigenvalue weighted by Gasteiger charge is 2.43. The number of hydrogen-bond donors (Lipinski definition) is 1. The zero-order valence-corrected chi connectivity index (χ0v) is 12.0. The molecule has 3 heteroatoms. The van der Waals surface area contributed by atoms with Gasteiger partial charge in [-0.3, -0.25) is 5.32 Å². The number of benzene rings is 1. The summed E-state index contributed by atoms with van der Waals surface area (Å²) in [5.74, 6) is -0.174. The van der Waals surface area contributed by atoms with E-state index in [0.29, 0.717) is 13.2 Å². The van der Waals surface area contributed by atoms with E-state index < -0.39 is 5.54 Å². The third kappa shape index (κ3) is 3.24. The van der Waals surface area contributed by atoms with Crippen LogP contribution >= 0.6 is 0 Å². The molecular weight excluding hydrogens is 238 g/mol. The van der Waals surface area contributed by atoms with Crippen molar-refractivity contribution in [2.24, 2.45) is 5.92 Å². The third-order valence-electron chi connectivity index (χ3n) is 3.22. The van der Waals surface area contributed by atoms with Crippen molar-refractivity contribution in [1.82, 2.24) is 5.32 Å². The van der Waals surface area contributed by atoms with Crippen molar-refractivity contribution in [3.8, 4) is 0 Å². The summed E-state index contributed by atoms with van der Waals surface area (Å²) in [4.78, 5) is 12.5. The Morgan fingerprint density at radius 2 is 2.05 bits per heavy atom. The van der Waals surface area contributed by atoms with Crippen molar-refractivity contribution in [3.63, 3.8) is 0 Å². The van der Waals surface area contributed by atoms with Gasteiger partial charge in [0.15, 0.2) is 0 Å². The second-order valence-electron chi connectivity index (χ2n) is 4.72. The lowest BCUT2D eigenvalue weighted by Gasteiger charge is -2.36. The van der Waals surface area contributed by atoms with E-state index in [1.807, 2.05) is 51.1 Å². The van der Waals surface area contributed by atoms with Crippen LogP contribution in [0, 0.1) is 5.92 Å². The van der Waals surface area contributed by atoms with Crippen molar-refractivity contribution in [2.75, 3.05) is 13.2 Å². The highest BCUT2D eigenvalue weighted by molar-refractivity contribution is 5.83. The van der Waals surface area contributed by atoms with Gasteiger partial charge in [0.05, 0.1) is 6.61 Å². The van der Waals surface area contributed by atoms with Crippen LogP contribution in [0.5, 0.6) is 0 Å². The van der Waals surface area contributed by atoms with E-state index in [-0.39, 0.29) is 11.9 Å². The van der Waals surface area contributed by atoms with Crippen LogP contribution < -0.4 is 5.32 Å². The standard InChI is InChI=1S/C16H23NO2/c1-5-12-17-16(13(3)4,15(18)19-6-2)14-10-8-7-9-11-14/h5,7-11,13,17H,1,6,12H2,2-4H3. The van der Waals surface area contributed by atoms with Gasteiger partial charge < -0.3 is 4.74 Å². The number of ether oxygens (including phenoxy) is 1. The molecule has 0 radical (unpaired) electrons. The molecule has 0 spiro atoms. The molecule has 1 aromatic rings. The summed E-state index contributed by atoms with van der Waals surface area (Å²) in [5.41, 5.74) is 0.0937. The van der Waals surface area contributed by atoms with Gasteiger partial charge in [-0.25, -0.2) is 4.79 Å². The van der Waals surface area contributed by atoms with Crippen LogP contribution in [0.1, 0.15) is 26.3 Å². The van der Waals surface area contributed by atoms with Crippen molar-refractivity contribution in [2.45, 2.75) is 26.3 Å². The Kier molecular flexibility index (Phi) is 5.77. The molecule has 104 valence electrons. The molecule has 0 bridgehead atoms. The minimum Gasteiger partial charge on any atom is -0.464 e. The van der Waals surface area contributed by atoms with Crippen molar-refractivity contribution in [3.05, 3.63) is 48.6 Å². The number of nitrogens with one attached hydrogen (secondary N) is 1. The number of carbonyl (C=O) groups is 1. The van der Waals surface area contributed by atoms with Crippen LogP contribution in [0.2, 0.25) is 0 Å². The maximum absolute atomic E-state index is 12.5. The van der Waals surface area contributed by atoms with Gasteiger partial charge in [0.25, 0.3) is 0 Å². The van der Waals surface area contributed by atoms with Crippen molar-refractivity contribution >= 4 is 5.97 Å². The van der Waals surface area contributed by atoms with Crippen LogP contribution in [0.15, 0.2) is 43.0 Å². The Morgan fingerprint density at radius 1 is 1.42 bits per heavy atom. The van der Waals surface area contributed by atoms with Gasteiger partial charge in [-0.1, -0.05) is 50.3 Å². The lowest BCUT2D eigenvalue weighted by Crippen LogP contribution is -2.54. The molecule has 1 rings (SSSR count). The quantitative estimate of drug-likeness (QED) is 0.606. The fourth-order valence-corrected chi connectivity index (χ4v) is 2.24. The van der Waals surface area contributed by atoms with E-state index in [0.717, 1.165) is 5.56 Å². The topological polar surface area (TPSA) is 38.3 Å². The molecule has 0 saturated carbocycles. The molecule has 0 amide bonds. The van der Waals surface area contributed by atoms with Crippen LogP contribution in [0.25, 0.3) is 0 Å². The number of esters is 1. The maximum atomic E-state index is 12.5. The average molecular weight is 261 g/mol. The molecular formula is C16H23NO2. The molecule has 1 unspecified atom stereocenters. The van der Waals surface area contributed by atoms with E-state index in [1.54, 1.807) is 6.08 Å². The fourth-order valence-electron chi connectivity index (χ4n) is 2.24. The van der Waals surface area contributed by atoms with Gasteiger partial charge in [-0.05, 0) is 18.4 Å². The van der Waals surface area contributed by atoms with Gasteiger partial charge in [0, 0.05) is 6.54 Å². The second kappa shape index (κ2) is 7.10. The van der Waals surface area contributed by atoms with Crippen molar-refractivity contribution < 1.29 is 9.53 Å². The zero-order valence-electron chi connectivity index (χ0n) is 12.0. The normalized spacial score (nSPS) is 13.9. The van der Waals surface area contributed by atoms with E-state index in [2.05, 4.69) is 11.9 Å². The highest BCUT2D eigenvalue weighted by atomic mass is 16.5. The van der Waals surface area contributed by atoms with Gasteiger partial charge >= 0.3 is 5.97 Å². The molecule has 1 N–H and O–H groups in total. The molecule has 19 heavy (non-hydrogen) atoms. The summed E-state index contributed by atoms with van der Waals surface area (Å²) < 4.78 is 5.28. The summed E-state index contributed by atoms with van der Waals surface area (Å²) in [5, 5.41) is 3.29. The first kappa shape index (κ1) is 15.4. The molecule has 0 saturated heterocycles. The predicted molar refractivity (Wildman–Crippen MR) is 77.8 cm³/mol. The Hall–Kier alpha value is -1.61. The summed E-state index contributed by atoms with van der Waals surface area (Å²) in [6, 6.07) is 9.70. The fraction of sp³-hybridized carbons (Fsp3) is 0.438. The number of rotatable bonds is 7. The lowest BCUT2D eigenvalue weighted by molar-refractivity contribution is -0.154. The first-order valence-corrected chi connectivity index (χ1v) is 6.68. The van der Waals surface area contributed by atoms with Gasteiger partial charge in [-0.15, -0.1) is 6.58 Å².